The van der Waals surface area contributed by atoms with E-state index in [4.69, 9.17) is 23.2 Å². The number of sulfonamides is 1. The highest BCUT2D eigenvalue weighted by Crippen LogP contribution is 2.34. The molecule has 0 saturated carbocycles. The van der Waals surface area contributed by atoms with Gasteiger partial charge in [-0.25, -0.2) is 22.6 Å². The summed E-state index contributed by atoms with van der Waals surface area (Å²) in [6.45, 7) is 0.160. The molecule has 0 spiro atoms. The van der Waals surface area contributed by atoms with Gasteiger partial charge in [0.25, 0.3) is 10.0 Å². The molecule has 1 aliphatic rings. The minimum absolute atomic E-state index is 0.123. The second-order valence-electron chi connectivity index (χ2n) is 6.99. The third-order valence-electron chi connectivity index (χ3n) is 4.84. The van der Waals surface area contributed by atoms with E-state index in [1.165, 1.54) is 6.07 Å². The zero-order chi connectivity index (χ0) is 22.9. The Labute approximate surface area is 207 Å². The van der Waals surface area contributed by atoms with Crippen LogP contribution in [-0.4, -0.2) is 30.8 Å². The Kier molecular flexibility index (Phi) is 6.97. The van der Waals surface area contributed by atoms with Crippen LogP contribution in [0.25, 0.3) is 11.3 Å². The Bertz CT molecular complexity index is 1280. The predicted molar refractivity (Wildman–Crippen MR) is 130 cm³/mol. The molecule has 3 aromatic rings. The van der Waals surface area contributed by atoms with E-state index in [0.717, 1.165) is 57.6 Å². The van der Waals surface area contributed by atoms with Crippen molar-refractivity contribution in [2.45, 2.75) is 23.5 Å². The molecular weight excluding hydrogens is 559 g/mol. The number of allylic oxidation sites excluding steroid dienone is 1. The summed E-state index contributed by atoms with van der Waals surface area (Å²) in [6.07, 6.45) is 6.50. The average Bonchev–Trinajstić information content (AvgIpc) is 3.33. The molecule has 2 aromatic heterocycles. The fourth-order valence-corrected chi connectivity index (χ4v) is 6.48. The summed E-state index contributed by atoms with van der Waals surface area (Å²) in [5, 5.41) is 7.23. The number of aromatic nitrogens is 2. The zero-order valence-electron chi connectivity index (χ0n) is 16.4. The second kappa shape index (κ2) is 9.56. The summed E-state index contributed by atoms with van der Waals surface area (Å²) in [6, 6.07) is 8.23. The molecule has 0 atom stereocenters. The maximum Gasteiger partial charge on any atom is 0.328 e. The monoisotopic (exact) mass is 574 g/mol. The van der Waals surface area contributed by atoms with Gasteiger partial charge >= 0.3 is 6.03 Å². The maximum absolute atomic E-state index is 12.3. The number of amides is 2. The molecule has 0 unspecified atom stereocenters. The first-order valence-electron chi connectivity index (χ1n) is 9.52. The highest BCUT2D eigenvalue weighted by molar-refractivity contribution is 9.10. The lowest BCUT2D eigenvalue weighted by Gasteiger charge is -2.18. The summed E-state index contributed by atoms with van der Waals surface area (Å²) in [5.74, 6) is 0. The first-order valence-corrected chi connectivity index (χ1v) is 13.4. The van der Waals surface area contributed by atoms with Gasteiger partial charge in [0, 0.05) is 11.0 Å². The summed E-state index contributed by atoms with van der Waals surface area (Å²) in [5.41, 5.74) is 4.14. The van der Waals surface area contributed by atoms with Crippen molar-refractivity contribution in [1.82, 2.24) is 19.8 Å². The van der Waals surface area contributed by atoms with Crippen molar-refractivity contribution in [1.29, 1.82) is 0 Å². The quantitative estimate of drug-likeness (QED) is 0.425. The number of aryl methyl sites for hydroxylation is 1. The Morgan fingerprint density at radius 3 is 2.69 bits per heavy atom. The molecule has 12 heteroatoms. The highest BCUT2D eigenvalue weighted by Gasteiger charge is 2.23. The standard InChI is InChI=1S/C20H17BrCl2N4O3S2/c21-14-4-6-15(7-5-14)27-18-12(2-1-3-13(18)11-25-27)8-9-24-20(28)26-32(29,30)17-10-16(22)19(23)31-17/h4-8,10-11H,1-3,9H2,(H2,24,26,28)/b12-8+. The van der Waals surface area contributed by atoms with Crippen molar-refractivity contribution in [3.05, 3.63) is 67.7 Å². The van der Waals surface area contributed by atoms with Gasteiger partial charge in [0.15, 0.2) is 0 Å². The molecule has 0 fully saturated rings. The molecule has 2 heterocycles. The molecule has 0 saturated heterocycles. The van der Waals surface area contributed by atoms with Crippen molar-refractivity contribution < 1.29 is 13.2 Å². The third-order valence-corrected chi connectivity index (χ3v) is 9.04. The molecular formula is C20H17BrCl2N4O3S2. The average molecular weight is 576 g/mol. The topological polar surface area (TPSA) is 93.1 Å². The molecule has 0 aliphatic heterocycles. The molecule has 1 aromatic carbocycles. The number of rotatable bonds is 5. The number of halogens is 3. The SMILES string of the molecule is O=C(NC/C=C1\CCCc2cnn(-c3ccc(Br)cc3)c21)NS(=O)(=O)c1cc(Cl)c(Cl)s1. The van der Waals surface area contributed by atoms with Gasteiger partial charge in [-0.15, -0.1) is 11.3 Å². The van der Waals surface area contributed by atoms with Gasteiger partial charge in [0.2, 0.25) is 0 Å². The van der Waals surface area contributed by atoms with Gasteiger partial charge in [-0.05, 0) is 60.7 Å². The lowest BCUT2D eigenvalue weighted by Crippen LogP contribution is -2.39. The first kappa shape index (κ1) is 23.3. The van der Waals surface area contributed by atoms with Crippen LogP contribution in [0.1, 0.15) is 24.1 Å². The van der Waals surface area contributed by atoms with E-state index < -0.39 is 16.1 Å². The molecule has 4 rings (SSSR count). The lowest BCUT2D eigenvalue weighted by molar-refractivity contribution is 0.247. The number of hydrogen-bond acceptors (Lipinski definition) is 5. The van der Waals surface area contributed by atoms with E-state index in [0.29, 0.717) is 0 Å². The normalized spacial score (nSPS) is 14.9. The van der Waals surface area contributed by atoms with Crippen molar-refractivity contribution >= 4 is 72.1 Å². The van der Waals surface area contributed by atoms with Gasteiger partial charge < -0.3 is 5.32 Å². The van der Waals surface area contributed by atoms with Gasteiger partial charge in [0.1, 0.15) is 8.55 Å². The lowest BCUT2D eigenvalue weighted by atomic mass is 9.92. The van der Waals surface area contributed by atoms with Crippen LogP contribution in [-0.2, 0) is 16.4 Å². The number of nitrogens with zero attached hydrogens (tertiary/aromatic N) is 2. The van der Waals surface area contributed by atoms with Crippen LogP contribution in [0.5, 0.6) is 0 Å². The fourth-order valence-electron chi connectivity index (χ4n) is 3.41. The second-order valence-corrected chi connectivity index (χ2v) is 11.9. The van der Waals surface area contributed by atoms with E-state index in [1.807, 2.05) is 45.9 Å². The largest absolute Gasteiger partial charge is 0.334 e. The molecule has 2 amide bonds. The van der Waals surface area contributed by atoms with Gasteiger partial charge in [-0.1, -0.05) is 45.2 Å². The molecule has 0 radical (unpaired) electrons. The van der Waals surface area contributed by atoms with Crippen LogP contribution in [0.15, 0.2) is 51.3 Å². The summed E-state index contributed by atoms with van der Waals surface area (Å²) in [4.78, 5) is 12.2. The van der Waals surface area contributed by atoms with Crippen LogP contribution < -0.4 is 10.0 Å². The Morgan fingerprint density at radius 1 is 1.25 bits per heavy atom. The van der Waals surface area contributed by atoms with E-state index >= 15 is 0 Å². The van der Waals surface area contributed by atoms with Crippen LogP contribution in [0.3, 0.4) is 0 Å². The van der Waals surface area contributed by atoms with Gasteiger partial charge in [-0.3, -0.25) is 0 Å². The van der Waals surface area contributed by atoms with E-state index in [1.54, 1.807) is 0 Å². The van der Waals surface area contributed by atoms with E-state index in [2.05, 4.69) is 26.3 Å². The molecule has 0 bridgehead atoms. The molecule has 2 N–H and O–H groups in total. The number of thiophene rings is 1. The smallest absolute Gasteiger partial charge is 0.328 e. The van der Waals surface area contributed by atoms with Crippen LogP contribution in [0, 0.1) is 0 Å². The van der Waals surface area contributed by atoms with Crippen molar-refractivity contribution in [3.63, 3.8) is 0 Å². The Morgan fingerprint density at radius 2 is 2.00 bits per heavy atom. The Balaban J connectivity index is 1.46. The number of carbonyl (C=O) groups excluding carboxylic acids is 1. The van der Waals surface area contributed by atoms with Crippen LogP contribution in [0.2, 0.25) is 9.36 Å². The Hall–Kier alpha value is -1.85. The first-order chi connectivity index (χ1) is 15.2. The minimum Gasteiger partial charge on any atom is -0.334 e. The maximum atomic E-state index is 12.3. The van der Waals surface area contributed by atoms with Crippen LogP contribution in [0.4, 0.5) is 4.79 Å². The molecule has 7 nitrogen and oxygen atoms in total. The summed E-state index contributed by atoms with van der Waals surface area (Å²) in [7, 11) is -4.05. The predicted octanol–water partition coefficient (Wildman–Crippen LogP) is 5.41. The molecule has 1 aliphatic carbocycles. The number of fused-ring (bicyclic) bond motifs is 1. The number of benzene rings is 1. The van der Waals surface area contributed by atoms with E-state index in [9.17, 15) is 13.2 Å². The van der Waals surface area contributed by atoms with Gasteiger partial charge in [-0.2, -0.15) is 5.10 Å². The van der Waals surface area contributed by atoms with Crippen molar-refractivity contribution in [2.75, 3.05) is 6.54 Å². The highest BCUT2D eigenvalue weighted by atomic mass is 79.9. The number of carbonyl (C=O) groups is 1. The molecule has 32 heavy (non-hydrogen) atoms. The number of urea groups is 1. The zero-order valence-corrected chi connectivity index (χ0v) is 21.2. The van der Waals surface area contributed by atoms with Crippen molar-refractivity contribution in [3.8, 4) is 5.69 Å². The number of hydrogen-bond donors (Lipinski definition) is 2. The van der Waals surface area contributed by atoms with Crippen molar-refractivity contribution in [2.24, 2.45) is 0 Å². The fraction of sp³-hybridized carbons (Fsp3) is 0.200. The summed E-state index contributed by atoms with van der Waals surface area (Å²) < 4.78 is 29.5. The minimum atomic E-state index is -4.05. The molecule has 168 valence electrons. The number of nitrogens with one attached hydrogen (secondary N) is 2. The van der Waals surface area contributed by atoms with Crippen LogP contribution >= 0.6 is 50.5 Å². The van der Waals surface area contributed by atoms with Gasteiger partial charge in [0.05, 0.1) is 22.6 Å². The van der Waals surface area contributed by atoms with E-state index in [-0.39, 0.29) is 20.1 Å². The third kappa shape index (κ3) is 5.04. The summed E-state index contributed by atoms with van der Waals surface area (Å²) >= 11 is 15.8.